The van der Waals surface area contributed by atoms with E-state index < -0.39 is 11.6 Å². The third-order valence-corrected chi connectivity index (χ3v) is 6.31. The predicted octanol–water partition coefficient (Wildman–Crippen LogP) is 2.94. The fourth-order valence-electron chi connectivity index (χ4n) is 4.35. The van der Waals surface area contributed by atoms with Crippen molar-refractivity contribution in [1.29, 1.82) is 5.26 Å². The first-order chi connectivity index (χ1) is 14.8. The summed E-state index contributed by atoms with van der Waals surface area (Å²) in [6.45, 7) is 1.87. The van der Waals surface area contributed by atoms with Crippen LogP contribution in [-0.4, -0.2) is 54.4 Å². The van der Waals surface area contributed by atoms with Gasteiger partial charge in [0.15, 0.2) is 0 Å². The summed E-state index contributed by atoms with van der Waals surface area (Å²) in [5.74, 6) is -0.231. The number of benzene rings is 2. The van der Waals surface area contributed by atoms with Gasteiger partial charge in [0.2, 0.25) is 11.8 Å². The van der Waals surface area contributed by atoms with Crippen LogP contribution in [-0.2, 0) is 22.4 Å². The molecule has 2 unspecified atom stereocenters. The summed E-state index contributed by atoms with van der Waals surface area (Å²) in [6.07, 6.45) is 0.884. The molecule has 7 heteroatoms. The second-order valence-electron chi connectivity index (χ2n) is 7.82. The summed E-state index contributed by atoms with van der Waals surface area (Å²) < 4.78 is 18.7. The maximum atomic E-state index is 13.6. The fourth-order valence-corrected chi connectivity index (χ4v) is 4.35. The number of amides is 2. The van der Waals surface area contributed by atoms with E-state index in [0.29, 0.717) is 29.7 Å². The Morgan fingerprint density at radius 3 is 2.42 bits per heavy atom. The van der Waals surface area contributed by atoms with E-state index in [1.165, 1.54) is 29.0 Å². The predicted molar refractivity (Wildman–Crippen MR) is 114 cm³/mol. The number of carbonyl (C=O) groups is 2. The van der Waals surface area contributed by atoms with E-state index >= 15 is 0 Å². The van der Waals surface area contributed by atoms with Crippen LogP contribution in [0.4, 0.5) is 4.39 Å². The Morgan fingerprint density at radius 2 is 1.84 bits per heavy atom. The van der Waals surface area contributed by atoms with E-state index in [4.69, 9.17) is 4.74 Å². The number of ether oxygens (including phenoxy) is 1. The van der Waals surface area contributed by atoms with Gasteiger partial charge in [-0.1, -0.05) is 25.1 Å². The van der Waals surface area contributed by atoms with E-state index in [9.17, 15) is 19.2 Å². The second-order valence-corrected chi connectivity index (χ2v) is 7.82. The van der Waals surface area contributed by atoms with Gasteiger partial charge in [0.25, 0.3) is 0 Å². The SMILES string of the molecule is CCC1(Cc2ccc(F)cc2)C(=O)N(C)C(Cc2c(C#N)cccc2OC)C(=O)N1C. The van der Waals surface area contributed by atoms with Crippen molar-refractivity contribution in [3.8, 4) is 11.8 Å². The Bertz CT molecular complexity index is 1030. The molecule has 0 aromatic heterocycles. The first-order valence-electron chi connectivity index (χ1n) is 10.1. The molecule has 1 heterocycles. The van der Waals surface area contributed by atoms with E-state index in [0.717, 1.165) is 5.56 Å². The van der Waals surface area contributed by atoms with Crippen LogP contribution < -0.4 is 4.74 Å². The minimum atomic E-state index is -1.06. The standard InChI is InChI=1S/C24H26FN3O3/c1-5-24(14-16-9-11-18(25)12-10-16)23(30)27(2)20(22(29)28(24)3)13-19-17(15-26)7-6-8-21(19)31-4/h6-12,20H,5,13-14H2,1-4H3. The van der Waals surface area contributed by atoms with Crippen molar-refractivity contribution in [3.05, 3.63) is 65.0 Å². The Kier molecular flexibility index (Phi) is 6.30. The van der Waals surface area contributed by atoms with Gasteiger partial charge >= 0.3 is 0 Å². The summed E-state index contributed by atoms with van der Waals surface area (Å²) >= 11 is 0. The number of nitrogens with zero attached hydrogens (tertiary/aromatic N) is 3. The van der Waals surface area contributed by atoms with Gasteiger partial charge in [0.1, 0.15) is 23.1 Å². The number of nitriles is 1. The molecule has 2 aromatic rings. The van der Waals surface area contributed by atoms with Crippen LogP contribution in [0.2, 0.25) is 0 Å². The molecular formula is C24H26FN3O3. The molecule has 0 bridgehead atoms. The fraction of sp³-hybridized carbons (Fsp3) is 0.375. The smallest absolute Gasteiger partial charge is 0.249 e. The number of rotatable bonds is 6. The third-order valence-electron chi connectivity index (χ3n) is 6.31. The summed E-state index contributed by atoms with van der Waals surface area (Å²) in [6, 6.07) is 12.5. The number of likely N-dealkylation sites (N-methyl/N-ethyl adjacent to an activating group) is 2. The minimum absolute atomic E-state index is 0.175. The molecule has 3 rings (SSSR count). The molecule has 162 valence electrons. The average molecular weight is 423 g/mol. The van der Waals surface area contributed by atoms with Crippen molar-refractivity contribution in [1.82, 2.24) is 9.80 Å². The van der Waals surface area contributed by atoms with Crippen molar-refractivity contribution >= 4 is 11.8 Å². The highest BCUT2D eigenvalue weighted by atomic mass is 19.1. The Hall–Kier alpha value is -3.40. The molecule has 0 aliphatic carbocycles. The number of hydrogen-bond acceptors (Lipinski definition) is 4. The number of piperazine rings is 1. The lowest BCUT2D eigenvalue weighted by atomic mass is 9.81. The molecule has 0 N–H and O–H groups in total. The van der Waals surface area contributed by atoms with Crippen molar-refractivity contribution < 1.29 is 18.7 Å². The Labute approximate surface area is 181 Å². The Morgan fingerprint density at radius 1 is 1.16 bits per heavy atom. The van der Waals surface area contributed by atoms with Gasteiger partial charge in [-0.2, -0.15) is 5.26 Å². The molecule has 2 aromatic carbocycles. The van der Waals surface area contributed by atoms with Crippen LogP contribution in [0.1, 0.15) is 30.0 Å². The lowest BCUT2D eigenvalue weighted by Crippen LogP contribution is -2.70. The largest absolute Gasteiger partial charge is 0.496 e. The van der Waals surface area contributed by atoms with Crippen molar-refractivity contribution in [2.24, 2.45) is 0 Å². The third kappa shape index (κ3) is 3.86. The zero-order chi connectivity index (χ0) is 22.8. The van der Waals surface area contributed by atoms with Gasteiger partial charge in [-0.3, -0.25) is 9.59 Å². The van der Waals surface area contributed by atoms with Crippen molar-refractivity contribution in [2.45, 2.75) is 37.8 Å². The van der Waals surface area contributed by atoms with Gasteiger partial charge in [0.05, 0.1) is 18.7 Å². The normalized spacial score (nSPS) is 21.2. The molecule has 1 aliphatic rings. The number of hydrogen-bond donors (Lipinski definition) is 0. The number of carbonyl (C=O) groups excluding carboxylic acids is 2. The average Bonchev–Trinajstić information content (AvgIpc) is 2.79. The highest BCUT2D eigenvalue weighted by Gasteiger charge is 2.52. The molecule has 0 radical (unpaired) electrons. The van der Waals surface area contributed by atoms with Gasteiger partial charge < -0.3 is 14.5 Å². The van der Waals surface area contributed by atoms with Crippen LogP contribution in [0.3, 0.4) is 0 Å². The molecule has 6 nitrogen and oxygen atoms in total. The number of halogens is 1. The topological polar surface area (TPSA) is 73.6 Å². The van der Waals surface area contributed by atoms with Gasteiger partial charge in [-0.15, -0.1) is 0 Å². The maximum Gasteiger partial charge on any atom is 0.249 e. The second kappa shape index (κ2) is 8.76. The monoisotopic (exact) mass is 423 g/mol. The van der Waals surface area contributed by atoms with E-state index in [2.05, 4.69) is 6.07 Å². The molecule has 2 atom stereocenters. The van der Waals surface area contributed by atoms with E-state index in [-0.39, 0.29) is 24.1 Å². The summed E-state index contributed by atoms with van der Waals surface area (Å²) in [7, 11) is 4.77. The molecule has 1 saturated heterocycles. The van der Waals surface area contributed by atoms with E-state index in [1.807, 2.05) is 6.92 Å². The molecule has 0 saturated carbocycles. The van der Waals surface area contributed by atoms with Crippen molar-refractivity contribution in [3.63, 3.8) is 0 Å². The first-order valence-corrected chi connectivity index (χ1v) is 10.1. The van der Waals surface area contributed by atoms with Crippen molar-refractivity contribution in [2.75, 3.05) is 21.2 Å². The van der Waals surface area contributed by atoms with Gasteiger partial charge in [-0.25, -0.2) is 4.39 Å². The summed E-state index contributed by atoms with van der Waals surface area (Å²) in [5, 5.41) is 9.50. The first kappa shape index (κ1) is 22.3. The Balaban J connectivity index is 1.96. The molecule has 1 fully saturated rings. The van der Waals surface area contributed by atoms with Gasteiger partial charge in [-0.05, 0) is 36.2 Å². The summed E-state index contributed by atoms with van der Waals surface area (Å²) in [5.41, 5.74) is 0.731. The lowest BCUT2D eigenvalue weighted by Gasteiger charge is -2.50. The molecule has 0 spiro atoms. The van der Waals surface area contributed by atoms with E-state index in [1.54, 1.807) is 44.4 Å². The molecule has 31 heavy (non-hydrogen) atoms. The summed E-state index contributed by atoms with van der Waals surface area (Å²) in [4.78, 5) is 30.0. The lowest BCUT2D eigenvalue weighted by molar-refractivity contribution is -0.167. The van der Waals surface area contributed by atoms with Crippen LogP contribution in [0.5, 0.6) is 5.75 Å². The number of methoxy groups -OCH3 is 1. The molecule has 1 aliphatic heterocycles. The van der Waals surface area contributed by atoms with Crippen LogP contribution >= 0.6 is 0 Å². The van der Waals surface area contributed by atoms with Crippen LogP contribution in [0.25, 0.3) is 0 Å². The minimum Gasteiger partial charge on any atom is -0.496 e. The van der Waals surface area contributed by atoms with Gasteiger partial charge in [0, 0.05) is 32.5 Å². The highest BCUT2D eigenvalue weighted by Crippen LogP contribution is 2.34. The van der Waals surface area contributed by atoms with Crippen LogP contribution in [0, 0.1) is 17.1 Å². The zero-order valence-corrected chi connectivity index (χ0v) is 18.2. The molecule has 2 amide bonds. The molecular weight excluding hydrogens is 397 g/mol. The highest BCUT2D eigenvalue weighted by molar-refractivity contribution is 6.00. The van der Waals surface area contributed by atoms with Crippen LogP contribution in [0.15, 0.2) is 42.5 Å². The zero-order valence-electron chi connectivity index (χ0n) is 18.2. The quantitative estimate of drug-likeness (QED) is 0.716. The maximum absolute atomic E-state index is 13.6.